The summed E-state index contributed by atoms with van der Waals surface area (Å²) < 4.78 is 11.2. The van der Waals surface area contributed by atoms with Crippen molar-refractivity contribution in [1.29, 1.82) is 5.26 Å². The third kappa shape index (κ3) is 3.87. The Balaban J connectivity index is 2.30. The quantitative estimate of drug-likeness (QED) is 0.831. The van der Waals surface area contributed by atoms with E-state index < -0.39 is 0 Å². The minimum Gasteiger partial charge on any atom is -0.495 e. The Hall–Kier alpha value is -2.77. The van der Waals surface area contributed by atoms with Gasteiger partial charge >= 0.3 is 0 Å². The van der Waals surface area contributed by atoms with Crippen molar-refractivity contribution in [3.63, 3.8) is 0 Å². The highest BCUT2D eigenvalue weighted by atomic mass is 16.5. The largest absolute Gasteiger partial charge is 0.495 e. The SMILES string of the molecule is CNCC=C(Oc1ccc(C#N)c(OC)c1)c1ccccc1. The highest BCUT2D eigenvalue weighted by Crippen LogP contribution is 2.27. The molecule has 0 aliphatic rings. The van der Waals surface area contributed by atoms with Gasteiger partial charge in [0.25, 0.3) is 0 Å². The molecule has 2 aromatic rings. The van der Waals surface area contributed by atoms with Gasteiger partial charge in [0.2, 0.25) is 0 Å². The molecule has 2 rings (SSSR count). The predicted molar refractivity (Wildman–Crippen MR) is 86.7 cm³/mol. The van der Waals surface area contributed by atoms with Crippen LogP contribution in [0.15, 0.2) is 54.6 Å². The molecular weight excluding hydrogens is 276 g/mol. The van der Waals surface area contributed by atoms with Crippen molar-refractivity contribution >= 4 is 5.76 Å². The van der Waals surface area contributed by atoms with Gasteiger partial charge in [0.1, 0.15) is 23.3 Å². The summed E-state index contributed by atoms with van der Waals surface area (Å²) in [6.45, 7) is 0.692. The van der Waals surface area contributed by atoms with Crippen molar-refractivity contribution in [2.24, 2.45) is 0 Å². The predicted octanol–water partition coefficient (Wildman–Crippen LogP) is 3.21. The van der Waals surface area contributed by atoms with Crippen LogP contribution in [-0.4, -0.2) is 20.7 Å². The van der Waals surface area contributed by atoms with Crippen LogP contribution in [0.4, 0.5) is 0 Å². The Morgan fingerprint density at radius 1 is 1.23 bits per heavy atom. The smallest absolute Gasteiger partial charge is 0.140 e. The van der Waals surface area contributed by atoms with Crippen LogP contribution in [0.1, 0.15) is 11.1 Å². The van der Waals surface area contributed by atoms with Crippen LogP contribution in [0, 0.1) is 11.3 Å². The van der Waals surface area contributed by atoms with Gasteiger partial charge in [-0.15, -0.1) is 0 Å². The second-order valence-corrected chi connectivity index (χ2v) is 4.57. The van der Waals surface area contributed by atoms with E-state index in [4.69, 9.17) is 14.7 Å². The van der Waals surface area contributed by atoms with E-state index in [0.717, 1.165) is 11.3 Å². The van der Waals surface area contributed by atoms with Gasteiger partial charge in [-0.2, -0.15) is 5.26 Å². The zero-order chi connectivity index (χ0) is 15.8. The van der Waals surface area contributed by atoms with Gasteiger partial charge in [-0.25, -0.2) is 0 Å². The second-order valence-electron chi connectivity index (χ2n) is 4.57. The standard InChI is InChI=1S/C18H18N2O2/c1-20-11-10-17(14-6-4-3-5-7-14)22-16-9-8-15(13-19)18(12-16)21-2/h3-10,12,20H,11H2,1-2H3. The Morgan fingerprint density at radius 2 is 2.00 bits per heavy atom. The molecule has 0 radical (unpaired) electrons. The maximum Gasteiger partial charge on any atom is 0.140 e. The van der Waals surface area contributed by atoms with Gasteiger partial charge in [-0.1, -0.05) is 30.3 Å². The fourth-order valence-electron chi connectivity index (χ4n) is 1.97. The lowest BCUT2D eigenvalue weighted by Crippen LogP contribution is -2.07. The van der Waals surface area contributed by atoms with E-state index in [9.17, 15) is 0 Å². The summed E-state index contributed by atoms with van der Waals surface area (Å²) in [6.07, 6.45) is 1.97. The molecule has 22 heavy (non-hydrogen) atoms. The molecule has 2 aromatic carbocycles. The molecule has 4 heteroatoms. The fraction of sp³-hybridized carbons (Fsp3) is 0.167. The van der Waals surface area contributed by atoms with Crippen LogP contribution in [0.25, 0.3) is 5.76 Å². The average Bonchev–Trinajstić information content (AvgIpc) is 2.59. The van der Waals surface area contributed by atoms with Crippen molar-refractivity contribution in [2.45, 2.75) is 0 Å². The molecule has 0 atom stereocenters. The molecule has 0 heterocycles. The first-order valence-corrected chi connectivity index (χ1v) is 6.94. The van der Waals surface area contributed by atoms with E-state index in [0.29, 0.717) is 23.6 Å². The van der Waals surface area contributed by atoms with Crippen LogP contribution in [-0.2, 0) is 0 Å². The van der Waals surface area contributed by atoms with Crippen molar-refractivity contribution in [3.8, 4) is 17.6 Å². The molecule has 0 saturated carbocycles. The summed E-state index contributed by atoms with van der Waals surface area (Å²) in [7, 11) is 3.42. The number of likely N-dealkylation sites (N-methyl/N-ethyl adjacent to an activating group) is 1. The lowest BCUT2D eigenvalue weighted by molar-refractivity contribution is 0.409. The topological polar surface area (TPSA) is 54.3 Å². The molecule has 4 nitrogen and oxygen atoms in total. The van der Waals surface area contributed by atoms with Crippen LogP contribution in [0.3, 0.4) is 0 Å². The molecule has 0 bridgehead atoms. The first-order valence-electron chi connectivity index (χ1n) is 6.94. The summed E-state index contributed by atoms with van der Waals surface area (Å²) >= 11 is 0. The Morgan fingerprint density at radius 3 is 2.64 bits per heavy atom. The minimum absolute atomic E-state index is 0.482. The number of methoxy groups -OCH3 is 1. The van der Waals surface area contributed by atoms with E-state index in [1.165, 1.54) is 7.11 Å². The van der Waals surface area contributed by atoms with Crippen molar-refractivity contribution in [2.75, 3.05) is 20.7 Å². The van der Waals surface area contributed by atoms with Crippen LogP contribution in [0.2, 0.25) is 0 Å². The number of nitrogens with zero attached hydrogens (tertiary/aromatic N) is 1. The summed E-state index contributed by atoms with van der Waals surface area (Å²) in [6, 6.07) is 17.1. The van der Waals surface area contributed by atoms with Gasteiger partial charge in [0.15, 0.2) is 0 Å². The summed E-state index contributed by atoms with van der Waals surface area (Å²) in [4.78, 5) is 0. The number of rotatable bonds is 6. The molecule has 0 spiro atoms. The summed E-state index contributed by atoms with van der Waals surface area (Å²) in [5.41, 5.74) is 1.47. The maximum absolute atomic E-state index is 9.03. The van der Waals surface area contributed by atoms with Gasteiger partial charge in [-0.05, 0) is 25.3 Å². The first kappa shape index (κ1) is 15.6. The van der Waals surface area contributed by atoms with Gasteiger partial charge in [0.05, 0.1) is 12.7 Å². The Labute approximate surface area is 130 Å². The van der Waals surface area contributed by atoms with Crippen LogP contribution in [0.5, 0.6) is 11.5 Å². The number of hydrogen-bond acceptors (Lipinski definition) is 4. The van der Waals surface area contributed by atoms with Crippen molar-refractivity contribution in [3.05, 3.63) is 65.7 Å². The van der Waals surface area contributed by atoms with Crippen LogP contribution < -0.4 is 14.8 Å². The maximum atomic E-state index is 9.03. The lowest BCUT2D eigenvalue weighted by Gasteiger charge is -2.12. The lowest BCUT2D eigenvalue weighted by atomic mass is 10.1. The van der Waals surface area contributed by atoms with E-state index in [1.807, 2.05) is 43.5 Å². The number of nitriles is 1. The van der Waals surface area contributed by atoms with E-state index in [2.05, 4.69) is 11.4 Å². The zero-order valence-electron chi connectivity index (χ0n) is 12.7. The molecule has 0 aromatic heterocycles. The molecule has 0 amide bonds. The van der Waals surface area contributed by atoms with Gasteiger partial charge in [-0.3, -0.25) is 0 Å². The highest BCUT2D eigenvalue weighted by Gasteiger charge is 2.08. The molecule has 0 unspecified atom stereocenters. The number of ether oxygens (including phenoxy) is 2. The molecule has 1 N–H and O–H groups in total. The van der Waals surface area contributed by atoms with Crippen molar-refractivity contribution < 1.29 is 9.47 Å². The van der Waals surface area contributed by atoms with Crippen molar-refractivity contribution in [1.82, 2.24) is 5.32 Å². The normalized spacial score (nSPS) is 10.9. The Bertz CT molecular complexity index is 688. The van der Waals surface area contributed by atoms with Gasteiger partial charge in [0, 0.05) is 18.2 Å². The van der Waals surface area contributed by atoms with E-state index in [-0.39, 0.29) is 0 Å². The number of benzene rings is 2. The van der Waals surface area contributed by atoms with Crippen LogP contribution >= 0.6 is 0 Å². The summed E-state index contributed by atoms with van der Waals surface area (Å²) in [5, 5.41) is 12.1. The number of hydrogen-bond donors (Lipinski definition) is 1. The molecule has 0 aliphatic heterocycles. The molecule has 0 aliphatic carbocycles. The van der Waals surface area contributed by atoms with E-state index >= 15 is 0 Å². The van der Waals surface area contributed by atoms with Gasteiger partial charge < -0.3 is 14.8 Å². The third-order valence-corrected chi connectivity index (χ3v) is 3.07. The molecule has 0 saturated heterocycles. The molecule has 112 valence electrons. The zero-order valence-corrected chi connectivity index (χ0v) is 12.7. The first-order chi connectivity index (χ1) is 10.8. The molecular formula is C18H18N2O2. The fourth-order valence-corrected chi connectivity index (χ4v) is 1.97. The third-order valence-electron chi connectivity index (χ3n) is 3.07. The monoisotopic (exact) mass is 294 g/mol. The summed E-state index contributed by atoms with van der Waals surface area (Å²) in [5.74, 6) is 1.88. The number of nitrogens with one attached hydrogen (secondary N) is 1. The average molecular weight is 294 g/mol. The van der Waals surface area contributed by atoms with E-state index in [1.54, 1.807) is 18.2 Å². The Kier molecular flexibility index (Phi) is 5.58. The molecule has 0 fully saturated rings. The minimum atomic E-state index is 0.482. The highest BCUT2D eigenvalue weighted by molar-refractivity contribution is 5.62. The second kappa shape index (κ2) is 7.87.